The maximum absolute atomic E-state index is 12.5. The molecule has 2 N–H and O–H groups in total. The summed E-state index contributed by atoms with van der Waals surface area (Å²) in [5.41, 5.74) is 1.46. The number of rotatable bonds is 6. The number of benzene rings is 1. The van der Waals surface area contributed by atoms with Crippen LogP contribution in [0.4, 0.5) is 10.8 Å². The van der Waals surface area contributed by atoms with Crippen molar-refractivity contribution in [3.05, 3.63) is 40.4 Å². The Morgan fingerprint density at radius 3 is 2.52 bits per heavy atom. The number of thiazole rings is 1. The molecule has 0 aliphatic rings. The molecule has 0 radical (unpaired) electrons. The van der Waals surface area contributed by atoms with Crippen molar-refractivity contribution in [3.8, 4) is 0 Å². The van der Waals surface area contributed by atoms with Crippen LogP contribution in [0.2, 0.25) is 0 Å². The molecule has 8 heteroatoms. The lowest BCUT2D eigenvalue weighted by Gasteiger charge is -2.10. The summed E-state index contributed by atoms with van der Waals surface area (Å²) in [6, 6.07) is 6.56. The van der Waals surface area contributed by atoms with E-state index in [-0.39, 0.29) is 18.1 Å². The Morgan fingerprint density at radius 1 is 1.16 bits per heavy atom. The van der Waals surface area contributed by atoms with Crippen LogP contribution in [0.25, 0.3) is 0 Å². The van der Waals surface area contributed by atoms with Crippen LogP contribution in [0.5, 0.6) is 0 Å². The highest BCUT2D eigenvalue weighted by Crippen LogP contribution is 2.23. The number of hydrogen-bond acceptors (Lipinski definition) is 6. The average molecular weight is 361 g/mol. The van der Waals surface area contributed by atoms with Gasteiger partial charge >= 0.3 is 5.97 Å². The molecule has 1 aromatic heterocycles. The van der Waals surface area contributed by atoms with Gasteiger partial charge in [0, 0.05) is 4.88 Å². The molecule has 0 aliphatic heterocycles. The molecule has 1 aromatic carbocycles. The van der Waals surface area contributed by atoms with E-state index < -0.39 is 18.3 Å². The SMILES string of the molecule is CCOC(=O)CC(=O)Nc1ccccc1C(=O)Nc1nc(C)c(C)s1. The van der Waals surface area contributed by atoms with E-state index in [1.54, 1.807) is 31.2 Å². The van der Waals surface area contributed by atoms with Gasteiger partial charge in [-0.05, 0) is 32.9 Å². The molecule has 1 heterocycles. The van der Waals surface area contributed by atoms with Crippen LogP contribution < -0.4 is 10.6 Å². The number of anilines is 2. The van der Waals surface area contributed by atoms with E-state index in [9.17, 15) is 14.4 Å². The van der Waals surface area contributed by atoms with Crippen LogP contribution in [-0.2, 0) is 14.3 Å². The Balaban J connectivity index is 2.10. The molecule has 0 saturated carbocycles. The second-order valence-electron chi connectivity index (χ2n) is 5.19. The zero-order valence-electron chi connectivity index (χ0n) is 14.2. The Labute approximate surface area is 149 Å². The first-order valence-electron chi connectivity index (χ1n) is 7.70. The smallest absolute Gasteiger partial charge is 0.315 e. The monoisotopic (exact) mass is 361 g/mol. The summed E-state index contributed by atoms with van der Waals surface area (Å²) >= 11 is 1.38. The summed E-state index contributed by atoms with van der Waals surface area (Å²) in [5.74, 6) is -1.55. The Kier molecular flexibility index (Phi) is 6.24. The fraction of sp³-hybridized carbons (Fsp3) is 0.294. The molecule has 7 nitrogen and oxygen atoms in total. The van der Waals surface area contributed by atoms with Gasteiger partial charge in [-0.25, -0.2) is 4.98 Å². The van der Waals surface area contributed by atoms with Gasteiger partial charge in [0.05, 0.1) is 23.6 Å². The van der Waals surface area contributed by atoms with E-state index in [0.717, 1.165) is 10.6 Å². The molecule has 0 spiro atoms. The third-order valence-electron chi connectivity index (χ3n) is 3.30. The summed E-state index contributed by atoms with van der Waals surface area (Å²) in [7, 11) is 0. The maximum Gasteiger partial charge on any atom is 0.315 e. The number of ether oxygens (including phenoxy) is 1. The molecule has 0 fully saturated rings. The van der Waals surface area contributed by atoms with Gasteiger partial charge in [0.2, 0.25) is 5.91 Å². The van der Waals surface area contributed by atoms with Gasteiger partial charge in [0.1, 0.15) is 6.42 Å². The molecule has 132 valence electrons. The topological polar surface area (TPSA) is 97.4 Å². The molecule has 2 amide bonds. The predicted molar refractivity (Wildman–Crippen MR) is 95.9 cm³/mol. The molecular weight excluding hydrogens is 342 g/mol. The molecule has 0 aliphatic carbocycles. The third kappa shape index (κ3) is 5.12. The molecule has 0 atom stereocenters. The quantitative estimate of drug-likeness (QED) is 0.609. The highest BCUT2D eigenvalue weighted by Gasteiger charge is 2.17. The lowest BCUT2D eigenvalue weighted by molar-refractivity contribution is -0.145. The van der Waals surface area contributed by atoms with Crippen LogP contribution in [0.1, 0.15) is 34.3 Å². The number of carbonyl (C=O) groups excluding carboxylic acids is 3. The van der Waals surface area contributed by atoms with Crippen molar-refractivity contribution in [2.24, 2.45) is 0 Å². The van der Waals surface area contributed by atoms with Crippen molar-refractivity contribution in [2.45, 2.75) is 27.2 Å². The van der Waals surface area contributed by atoms with E-state index in [4.69, 9.17) is 4.74 Å². The minimum absolute atomic E-state index is 0.206. The summed E-state index contributed by atoms with van der Waals surface area (Å²) in [6.45, 7) is 5.66. The number of nitrogens with one attached hydrogen (secondary N) is 2. The van der Waals surface area contributed by atoms with Crippen molar-refractivity contribution >= 4 is 39.9 Å². The molecule has 0 bridgehead atoms. The van der Waals surface area contributed by atoms with Gasteiger partial charge in [-0.3, -0.25) is 19.7 Å². The van der Waals surface area contributed by atoms with Gasteiger partial charge < -0.3 is 10.1 Å². The third-order valence-corrected chi connectivity index (χ3v) is 4.29. The van der Waals surface area contributed by atoms with E-state index in [1.807, 2.05) is 13.8 Å². The molecular formula is C17H19N3O4S. The van der Waals surface area contributed by atoms with Crippen LogP contribution in [-0.4, -0.2) is 29.4 Å². The van der Waals surface area contributed by atoms with Crippen LogP contribution in [0.3, 0.4) is 0 Å². The highest BCUT2D eigenvalue weighted by atomic mass is 32.1. The average Bonchev–Trinajstić information content (AvgIpc) is 2.85. The number of hydrogen-bond donors (Lipinski definition) is 2. The number of carbonyl (C=O) groups is 3. The summed E-state index contributed by atoms with van der Waals surface area (Å²) in [6.07, 6.45) is -0.408. The minimum Gasteiger partial charge on any atom is -0.466 e. The Morgan fingerprint density at radius 2 is 1.88 bits per heavy atom. The number of esters is 1. The standard InChI is InChI=1S/C17H19N3O4S/c1-4-24-15(22)9-14(21)19-13-8-6-5-7-12(13)16(23)20-17-18-10(2)11(3)25-17/h5-8H,4,9H2,1-3H3,(H,19,21)(H,18,20,23). The van der Waals surface area contributed by atoms with E-state index >= 15 is 0 Å². The maximum atomic E-state index is 12.5. The molecule has 25 heavy (non-hydrogen) atoms. The Bertz CT molecular complexity index is 781. The predicted octanol–water partition coefficient (Wildman–Crippen LogP) is 2.90. The number of aromatic nitrogens is 1. The van der Waals surface area contributed by atoms with Gasteiger partial charge in [0.25, 0.3) is 5.91 Å². The molecule has 2 aromatic rings. The van der Waals surface area contributed by atoms with E-state index in [1.165, 1.54) is 11.3 Å². The fourth-order valence-corrected chi connectivity index (χ4v) is 2.83. The number of amides is 2. The first kappa shape index (κ1) is 18.6. The van der Waals surface area contributed by atoms with Gasteiger partial charge in [-0.2, -0.15) is 0 Å². The number of nitrogens with zero attached hydrogens (tertiary/aromatic N) is 1. The summed E-state index contributed by atoms with van der Waals surface area (Å²) in [4.78, 5) is 41.1. The first-order chi connectivity index (χ1) is 11.9. The lowest BCUT2D eigenvalue weighted by atomic mass is 10.1. The van der Waals surface area contributed by atoms with Crippen molar-refractivity contribution < 1.29 is 19.1 Å². The van der Waals surface area contributed by atoms with Crippen LogP contribution in [0.15, 0.2) is 24.3 Å². The number of aryl methyl sites for hydroxylation is 2. The summed E-state index contributed by atoms with van der Waals surface area (Å²) < 4.78 is 4.73. The van der Waals surface area contributed by atoms with Crippen molar-refractivity contribution in [3.63, 3.8) is 0 Å². The lowest BCUT2D eigenvalue weighted by Crippen LogP contribution is -2.21. The minimum atomic E-state index is -0.615. The Hall–Kier alpha value is -2.74. The van der Waals surface area contributed by atoms with E-state index in [2.05, 4.69) is 15.6 Å². The molecule has 0 unspecified atom stereocenters. The zero-order valence-corrected chi connectivity index (χ0v) is 15.0. The zero-order chi connectivity index (χ0) is 18.4. The fourth-order valence-electron chi connectivity index (χ4n) is 2.02. The second-order valence-corrected chi connectivity index (χ2v) is 6.39. The van der Waals surface area contributed by atoms with Gasteiger partial charge in [-0.1, -0.05) is 12.1 Å². The normalized spacial score (nSPS) is 10.2. The summed E-state index contributed by atoms with van der Waals surface area (Å²) in [5, 5.41) is 5.78. The van der Waals surface area contributed by atoms with Crippen molar-refractivity contribution in [1.29, 1.82) is 0 Å². The highest BCUT2D eigenvalue weighted by molar-refractivity contribution is 7.15. The van der Waals surface area contributed by atoms with Gasteiger partial charge in [0.15, 0.2) is 5.13 Å². The molecule has 0 saturated heterocycles. The van der Waals surface area contributed by atoms with Crippen molar-refractivity contribution in [2.75, 3.05) is 17.2 Å². The van der Waals surface area contributed by atoms with Crippen molar-refractivity contribution in [1.82, 2.24) is 4.98 Å². The van der Waals surface area contributed by atoms with Gasteiger partial charge in [-0.15, -0.1) is 11.3 Å². The largest absolute Gasteiger partial charge is 0.466 e. The van der Waals surface area contributed by atoms with E-state index in [0.29, 0.717) is 10.8 Å². The number of para-hydroxylation sites is 1. The molecule has 2 rings (SSSR count). The second kappa shape index (κ2) is 8.39. The van der Waals surface area contributed by atoms with Crippen LogP contribution >= 0.6 is 11.3 Å². The first-order valence-corrected chi connectivity index (χ1v) is 8.52. The van der Waals surface area contributed by atoms with Crippen LogP contribution in [0, 0.1) is 13.8 Å².